The SMILES string of the molecule is CC(NC(=O)Nc1cc(Br)ccc1C(=O)O)c1cn[nH]c1. The van der Waals surface area contributed by atoms with E-state index in [1.807, 2.05) is 0 Å². The summed E-state index contributed by atoms with van der Waals surface area (Å²) in [6.07, 6.45) is 3.28. The summed E-state index contributed by atoms with van der Waals surface area (Å²) in [7, 11) is 0. The second-order valence-corrected chi connectivity index (χ2v) is 5.26. The van der Waals surface area contributed by atoms with Crippen LogP contribution in [-0.4, -0.2) is 27.3 Å². The first kappa shape index (κ1) is 15.0. The topological polar surface area (TPSA) is 107 Å². The zero-order valence-electron chi connectivity index (χ0n) is 11.1. The van der Waals surface area contributed by atoms with Crippen molar-refractivity contribution in [2.24, 2.45) is 0 Å². The number of aromatic amines is 1. The number of carboxylic acid groups (broad SMARTS) is 1. The van der Waals surface area contributed by atoms with E-state index < -0.39 is 12.0 Å². The van der Waals surface area contributed by atoms with Crippen molar-refractivity contribution in [1.29, 1.82) is 0 Å². The molecule has 1 unspecified atom stereocenters. The average Bonchev–Trinajstić information content (AvgIpc) is 2.91. The average molecular weight is 353 g/mol. The largest absolute Gasteiger partial charge is 0.478 e. The lowest BCUT2D eigenvalue weighted by Crippen LogP contribution is -2.31. The highest BCUT2D eigenvalue weighted by molar-refractivity contribution is 9.10. The molecule has 0 radical (unpaired) electrons. The van der Waals surface area contributed by atoms with Gasteiger partial charge in [-0.25, -0.2) is 9.59 Å². The van der Waals surface area contributed by atoms with Crippen molar-refractivity contribution in [3.63, 3.8) is 0 Å². The van der Waals surface area contributed by atoms with Gasteiger partial charge in [-0.2, -0.15) is 5.10 Å². The van der Waals surface area contributed by atoms with Gasteiger partial charge in [-0.15, -0.1) is 0 Å². The fraction of sp³-hybridized carbons (Fsp3) is 0.154. The number of halogens is 1. The molecule has 0 spiro atoms. The molecule has 1 aromatic carbocycles. The molecule has 2 aromatic rings. The number of hydrogen-bond acceptors (Lipinski definition) is 3. The Hall–Kier alpha value is -2.35. The molecule has 0 saturated heterocycles. The molecule has 2 rings (SSSR count). The molecular weight excluding hydrogens is 340 g/mol. The number of urea groups is 1. The lowest BCUT2D eigenvalue weighted by Gasteiger charge is -2.14. The number of benzene rings is 1. The highest BCUT2D eigenvalue weighted by Crippen LogP contribution is 2.21. The maximum Gasteiger partial charge on any atom is 0.337 e. The smallest absolute Gasteiger partial charge is 0.337 e. The molecule has 0 aliphatic carbocycles. The molecule has 1 heterocycles. The minimum absolute atomic E-state index is 0.0179. The van der Waals surface area contributed by atoms with E-state index in [2.05, 4.69) is 36.8 Å². The number of hydrogen-bond donors (Lipinski definition) is 4. The fourth-order valence-electron chi connectivity index (χ4n) is 1.74. The van der Waals surface area contributed by atoms with Crippen LogP contribution >= 0.6 is 15.9 Å². The molecule has 4 N–H and O–H groups in total. The molecule has 110 valence electrons. The number of aromatic nitrogens is 2. The predicted molar refractivity (Wildman–Crippen MR) is 80.3 cm³/mol. The van der Waals surface area contributed by atoms with Gasteiger partial charge in [0.05, 0.1) is 23.5 Å². The molecule has 1 aromatic heterocycles. The third kappa shape index (κ3) is 3.82. The molecule has 0 saturated carbocycles. The summed E-state index contributed by atoms with van der Waals surface area (Å²) in [5.74, 6) is -1.11. The number of nitrogens with zero attached hydrogens (tertiary/aromatic N) is 1. The lowest BCUT2D eigenvalue weighted by atomic mass is 10.2. The first-order valence-corrected chi connectivity index (χ1v) is 6.85. The van der Waals surface area contributed by atoms with Crippen molar-refractivity contribution < 1.29 is 14.7 Å². The van der Waals surface area contributed by atoms with Crippen molar-refractivity contribution >= 4 is 33.6 Å². The predicted octanol–water partition coefficient (Wildman–Crippen LogP) is 2.75. The number of amides is 2. The van der Waals surface area contributed by atoms with Crippen LogP contribution in [0.1, 0.15) is 28.9 Å². The molecule has 7 nitrogen and oxygen atoms in total. The Morgan fingerprint density at radius 1 is 1.43 bits per heavy atom. The molecule has 8 heteroatoms. The standard InChI is InChI=1S/C13H13BrN4O3/c1-7(8-5-15-16-6-8)17-13(21)18-11-4-9(14)2-3-10(11)12(19)20/h2-7H,1H3,(H,15,16)(H,19,20)(H2,17,18,21). The second kappa shape index (κ2) is 6.40. The summed E-state index contributed by atoms with van der Waals surface area (Å²) in [5.41, 5.74) is 1.05. The molecule has 2 amide bonds. The van der Waals surface area contributed by atoms with Gasteiger partial charge in [-0.1, -0.05) is 15.9 Å². The summed E-state index contributed by atoms with van der Waals surface area (Å²) < 4.78 is 0.672. The first-order valence-electron chi connectivity index (χ1n) is 6.06. The van der Waals surface area contributed by atoms with Crippen LogP contribution < -0.4 is 10.6 Å². The van der Waals surface area contributed by atoms with Gasteiger partial charge in [0.25, 0.3) is 0 Å². The number of nitrogens with one attached hydrogen (secondary N) is 3. The molecule has 0 aliphatic rings. The van der Waals surface area contributed by atoms with Gasteiger partial charge in [0, 0.05) is 16.2 Å². The Labute approximate surface area is 128 Å². The van der Waals surface area contributed by atoms with Crippen LogP contribution in [0.3, 0.4) is 0 Å². The summed E-state index contributed by atoms with van der Waals surface area (Å²) in [6.45, 7) is 1.80. The normalized spacial score (nSPS) is 11.7. The van der Waals surface area contributed by atoms with E-state index >= 15 is 0 Å². The molecular formula is C13H13BrN4O3. The van der Waals surface area contributed by atoms with Crippen molar-refractivity contribution in [3.8, 4) is 0 Å². The minimum Gasteiger partial charge on any atom is -0.478 e. The van der Waals surface area contributed by atoms with E-state index in [1.54, 1.807) is 25.4 Å². The second-order valence-electron chi connectivity index (χ2n) is 4.35. The van der Waals surface area contributed by atoms with E-state index in [0.717, 1.165) is 5.56 Å². The summed E-state index contributed by atoms with van der Waals surface area (Å²) in [6, 6.07) is 3.79. The summed E-state index contributed by atoms with van der Waals surface area (Å²) in [5, 5.41) is 20.8. The third-order valence-corrected chi connectivity index (χ3v) is 3.32. The Morgan fingerprint density at radius 3 is 2.81 bits per heavy atom. The number of rotatable bonds is 4. The molecule has 0 bridgehead atoms. The quantitative estimate of drug-likeness (QED) is 0.678. The zero-order valence-corrected chi connectivity index (χ0v) is 12.6. The molecule has 0 fully saturated rings. The van der Waals surface area contributed by atoms with Crippen molar-refractivity contribution in [1.82, 2.24) is 15.5 Å². The third-order valence-electron chi connectivity index (χ3n) is 2.83. The Morgan fingerprint density at radius 2 is 2.19 bits per heavy atom. The fourth-order valence-corrected chi connectivity index (χ4v) is 2.10. The first-order chi connectivity index (χ1) is 9.97. The van der Waals surface area contributed by atoms with Gasteiger partial charge in [0.1, 0.15) is 0 Å². The van der Waals surface area contributed by atoms with E-state index in [9.17, 15) is 9.59 Å². The van der Waals surface area contributed by atoms with Crippen LogP contribution in [0.2, 0.25) is 0 Å². The Balaban J connectivity index is 2.09. The van der Waals surface area contributed by atoms with Crippen LogP contribution in [0.5, 0.6) is 0 Å². The number of anilines is 1. The van der Waals surface area contributed by atoms with Crippen LogP contribution in [0.25, 0.3) is 0 Å². The lowest BCUT2D eigenvalue weighted by molar-refractivity contribution is 0.0698. The summed E-state index contributed by atoms with van der Waals surface area (Å²) in [4.78, 5) is 23.1. The van der Waals surface area contributed by atoms with Gasteiger partial charge >= 0.3 is 12.0 Å². The number of H-pyrrole nitrogens is 1. The number of carbonyl (C=O) groups excluding carboxylic acids is 1. The van der Waals surface area contributed by atoms with E-state index in [1.165, 1.54) is 12.1 Å². The maximum atomic E-state index is 11.9. The van der Waals surface area contributed by atoms with Crippen LogP contribution in [0.4, 0.5) is 10.5 Å². The van der Waals surface area contributed by atoms with E-state index in [4.69, 9.17) is 5.11 Å². The van der Waals surface area contributed by atoms with E-state index in [-0.39, 0.29) is 17.3 Å². The summed E-state index contributed by atoms with van der Waals surface area (Å²) >= 11 is 3.24. The van der Waals surface area contributed by atoms with Crippen molar-refractivity contribution in [2.75, 3.05) is 5.32 Å². The van der Waals surface area contributed by atoms with Crippen molar-refractivity contribution in [3.05, 3.63) is 46.2 Å². The minimum atomic E-state index is -1.11. The Kier molecular flexibility index (Phi) is 4.59. The molecule has 0 aliphatic heterocycles. The van der Waals surface area contributed by atoms with Crippen LogP contribution in [0.15, 0.2) is 35.1 Å². The van der Waals surface area contributed by atoms with Gasteiger partial charge in [-0.3, -0.25) is 5.10 Å². The van der Waals surface area contributed by atoms with Crippen LogP contribution in [0, 0.1) is 0 Å². The zero-order chi connectivity index (χ0) is 15.4. The maximum absolute atomic E-state index is 11.9. The van der Waals surface area contributed by atoms with Gasteiger partial charge in [0.2, 0.25) is 0 Å². The monoisotopic (exact) mass is 352 g/mol. The molecule has 1 atom stereocenters. The number of carbonyl (C=O) groups is 2. The molecule has 21 heavy (non-hydrogen) atoms. The highest BCUT2D eigenvalue weighted by Gasteiger charge is 2.15. The number of carboxylic acids is 1. The van der Waals surface area contributed by atoms with Gasteiger partial charge in [0.15, 0.2) is 0 Å². The van der Waals surface area contributed by atoms with E-state index in [0.29, 0.717) is 4.47 Å². The van der Waals surface area contributed by atoms with Gasteiger partial charge in [-0.05, 0) is 25.1 Å². The van der Waals surface area contributed by atoms with Gasteiger partial charge < -0.3 is 15.7 Å². The number of aromatic carboxylic acids is 1. The van der Waals surface area contributed by atoms with Crippen molar-refractivity contribution in [2.45, 2.75) is 13.0 Å². The van der Waals surface area contributed by atoms with Crippen LogP contribution in [-0.2, 0) is 0 Å². The highest BCUT2D eigenvalue weighted by atomic mass is 79.9. The Bertz CT molecular complexity index is 657.